The number of ether oxygens (including phenoxy) is 2. The molecule has 146 valence electrons. The van der Waals surface area contributed by atoms with Gasteiger partial charge in [-0.25, -0.2) is 4.98 Å². The van der Waals surface area contributed by atoms with E-state index in [1.54, 1.807) is 6.20 Å². The molecule has 1 aromatic carbocycles. The Labute approximate surface area is 161 Å². The number of nitrogens with zero attached hydrogens (tertiary/aromatic N) is 2. The number of pyridine rings is 1. The lowest BCUT2D eigenvalue weighted by atomic mass is 10.2. The first-order valence-corrected chi connectivity index (χ1v) is 9.34. The Morgan fingerprint density at radius 3 is 2.70 bits per heavy atom. The number of guanidine groups is 1. The molecule has 4 N–H and O–H groups in total. The van der Waals surface area contributed by atoms with Crippen LogP contribution >= 0.6 is 0 Å². The van der Waals surface area contributed by atoms with Crippen molar-refractivity contribution in [1.82, 2.24) is 4.98 Å². The standard InChI is InChI=1S/C20H29N5O2/c1-3-26-16-10-11-18(27-4-2)17(15-16)25-20(21)24-14-8-7-13-23-19-9-5-6-12-22-19/h5-6,9-12,15H,3-4,7-8,13-14H2,1-2H3,(H,22,23)(H3,21,24,25). The van der Waals surface area contributed by atoms with Crippen molar-refractivity contribution in [1.29, 1.82) is 0 Å². The van der Waals surface area contributed by atoms with Crippen molar-refractivity contribution < 1.29 is 9.47 Å². The maximum atomic E-state index is 6.02. The quantitative estimate of drug-likeness (QED) is 0.318. The zero-order chi connectivity index (χ0) is 19.3. The number of hydrogen-bond donors (Lipinski definition) is 3. The van der Waals surface area contributed by atoms with E-state index in [1.807, 2.05) is 50.2 Å². The van der Waals surface area contributed by atoms with Gasteiger partial charge in [0.15, 0.2) is 5.96 Å². The zero-order valence-corrected chi connectivity index (χ0v) is 16.1. The third-order valence-electron chi connectivity index (χ3n) is 3.66. The second-order valence-corrected chi connectivity index (χ2v) is 5.76. The molecule has 0 spiro atoms. The highest BCUT2D eigenvalue weighted by Gasteiger charge is 2.07. The van der Waals surface area contributed by atoms with Crippen LogP contribution in [0.1, 0.15) is 26.7 Å². The van der Waals surface area contributed by atoms with Crippen LogP contribution in [-0.2, 0) is 0 Å². The first-order chi connectivity index (χ1) is 13.2. The van der Waals surface area contributed by atoms with E-state index >= 15 is 0 Å². The topological polar surface area (TPSA) is 93.8 Å². The summed E-state index contributed by atoms with van der Waals surface area (Å²) >= 11 is 0. The van der Waals surface area contributed by atoms with Crippen LogP contribution in [0.5, 0.6) is 11.5 Å². The van der Waals surface area contributed by atoms with Gasteiger partial charge in [-0.3, -0.25) is 4.99 Å². The summed E-state index contributed by atoms with van der Waals surface area (Å²) in [6.45, 7) is 6.56. The number of hydrogen-bond acceptors (Lipinski definition) is 5. The van der Waals surface area contributed by atoms with Crippen LogP contribution in [-0.4, -0.2) is 37.2 Å². The number of anilines is 2. The molecule has 0 aliphatic carbocycles. The Balaban J connectivity index is 1.79. The van der Waals surface area contributed by atoms with Crippen LogP contribution in [0.3, 0.4) is 0 Å². The number of unbranched alkanes of at least 4 members (excludes halogenated alkanes) is 1. The molecule has 1 heterocycles. The third kappa shape index (κ3) is 7.43. The Kier molecular flexibility index (Phi) is 8.76. The minimum Gasteiger partial charge on any atom is -0.494 e. The number of nitrogens with one attached hydrogen (secondary N) is 2. The molecule has 0 radical (unpaired) electrons. The highest BCUT2D eigenvalue weighted by atomic mass is 16.5. The van der Waals surface area contributed by atoms with E-state index in [9.17, 15) is 0 Å². The number of aliphatic imine (C=N–C) groups is 1. The Hall–Kier alpha value is -2.96. The molecular formula is C20H29N5O2. The van der Waals surface area contributed by atoms with E-state index < -0.39 is 0 Å². The summed E-state index contributed by atoms with van der Waals surface area (Å²) in [5, 5.41) is 6.38. The van der Waals surface area contributed by atoms with E-state index in [0.717, 1.165) is 42.4 Å². The molecule has 2 rings (SSSR count). The summed E-state index contributed by atoms with van der Waals surface area (Å²) < 4.78 is 11.2. The molecule has 0 unspecified atom stereocenters. The smallest absolute Gasteiger partial charge is 0.193 e. The molecule has 7 heteroatoms. The first-order valence-electron chi connectivity index (χ1n) is 9.34. The predicted molar refractivity (Wildman–Crippen MR) is 111 cm³/mol. The molecular weight excluding hydrogens is 342 g/mol. The van der Waals surface area contributed by atoms with Crippen LogP contribution in [0.25, 0.3) is 0 Å². The normalized spacial score (nSPS) is 11.1. The second kappa shape index (κ2) is 11.6. The van der Waals surface area contributed by atoms with Gasteiger partial charge in [0.25, 0.3) is 0 Å². The minimum atomic E-state index is 0.363. The van der Waals surface area contributed by atoms with Crippen molar-refractivity contribution >= 4 is 17.5 Å². The number of rotatable bonds is 11. The SMILES string of the molecule is CCOc1ccc(OCC)c(NC(N)=NCCCCNc2ccccn2)c1. The van der Waals surface area contributed by atoms with Gasteiger partial charge < -0.3 is 25.8 Å². The molecule has 7 nitrogen and oxygen atoms in total. The highest BCUT2D eigenvalue weighted by Crippen LogP contribution is 2.29. The van der Waals surface area contributed by atoms with Crippen molar-refractivity contribution in [3.8, 4) is 11.5 Å². The molecule has 0 bridgehead atoms. The van der Waals surface area contributed by atoms with Crippen LogP contribution in [0, 0.1) is 0 Å². The van der Waals surface area contributed by atoms with Crippen molar-refractivity contribution in [2.24, 2.45) is 10.7 Å². The predicted octanol–water partition coefficient (Wildman–Crippen LogP) is 3.50. The van der Waals surface area contributed by atoms with Gasteiger partial charge in [0.05, 0.1) is 18.9 Å². The van der Waals surface area contributed by atoms with Crippen molar-refractivity contribution in [2.75, 3.05) is 36.9 Å². The Morgan fingerprint density at radius 1 is 1.11 bits per heavy atom. The third-order valence-corrected chi connectivity index (χ3v) is 3.66. The lowest BCUT2D eigenvalue weighted by molar-refractivity contribution is 0.332. The molecule has 1 aromatic heterocycles. The van der Waals surface area contributed by atoms with E-state index in [1.165, 1.54) is 0 Å². The van der Waals surface area contributed by atoms with Gasteiger partial charge in [-0.05, 0) is 51.0 Å². The lowest BCUT2D eigenvalue weighted by Gasteiger charge is -2.14. The van der Waals surface area contributed by atoms with Gasteiger partial charge in [0.2, 0.25) is 0 Å². The molecule has 0 saturated heterocycles. The van der Waals surface area contributed by atoms with Crippen LogP contribution in [0.4, 0.5) is 11.5 Å². The summed E-state index contributed by atoms with van der Waals surface area (Å²) in [5.74, 6) is 2.73. The fourth-order valence-corrected chi connectivity index (χ4v) is 2.44. The summed E-state index contributed by atoms with van der Waals surface area (Å²) in [7, 11) is 0. The maximum Gasteiger partial charge on any atom is 0.193 e. The van der Waals surface area contributed by atoms with Crippen LogP contribution in [0.15, 0.2) is 47.6 Å². The fraction of sp³-hybridized carbons (Fsp3) is 0.400. The Bertz CT molecular complexity index is 707. The largest absolute Gasteiger partial charge is 0.494 e. The van der Waals surface area contributed by atoms with Crippen LogP contribution in [0.2, 0.25) is 0 Å². The maximum absolute atomic E-state index is 6.02. The molecule has 0 saturated carbocycles. The summed E-state index contributed by atoms with van der Waals surface area (Å²) in [4.78, 5) is 8.61. The molecule has 0 amide bonds. The van der Waals surface area contributed by atoms with E-state index in [4.69, 9.17) is 15.2 Å². The average molecular weight is 371 g/mol. The summed E-state index contributed by atoms with van der Waals surface area (Å²) in [5.41, 5.74) is 6.77. The molecule has 0 fully saturated rings. The van der Waals surface area contributed by atoms with E-state index in [0.29, 0.717) is 25.7 Å². The zero-order valence-electron chi connectivity index (χ0n) is 16.1. The summed E-state index contributed by atoms with van der Waals surface area (Å²) in [6.07, 6.45) is 3.69. The van der Waals surface area contributed by atoms with E-state index in [2.05, 4.69) is 20.6 Å². The number of nitrogens with two attached hydrogens (primary N) is 1. The molecule has 27 heavy (non-hydrogen) atoms. The van der Waals surface area contributed by atoms with Gasteiger partial charge in [0.1, 0.15) is 17.3 Å². The van der Waals surface area contributed by atoms with Crippen molar-refractivity contribution in [3.05, 3.63) is 42.6 Å². The van der Waals surface area contributed by atoms with Crippen molar-refractivity contribution in [3.63, 3.8) is 0 Å². The van der Waals surface area contributed by atoms with Gasteiger partial charge in [-0.1, -0.05) is 6.07 Å². The summed E-state index contributed by atoms with van der Waals surface area (Å²) in [6, 6.07) is 11.4. The molecule has 0 aliphatic heterocycles. The molecule has 0 atom stereocenters. The van der Waals surface area contributed by atoms with E-state index in [-0.39, 0.29) is 0 Å². The van der Waals surface area contributed by atoms with Crippen molar-refractivity contribution in [2.45, 2.75) is 26.7 Å². The number of aromatic nitrogens is 1. The Morgan fingerprint density at radius 2 is 1.96 bits per heavy atom. The molecule has 2 aromatic rings. The highest BCUT2D eigenvalue weighted by molar-refractivity contribution is 5.94. The van der Waals surface area contributed by atoms with Crippen LogP contribution < -0.4 is 25.8 Å². The first kappa shape index (κ1) is 20.4. The van der Waals surface area contributed by atoms with Gasteiger partial charge in [-0.2, -0.15) is 0 Å². The van der Waals surface area contributed by atoms with Gasteiger partial charge in [0, 0.05) is 25.4 Å². The van der Waals surface area contributed by atoms with Gasteiger partial charge >= 0.3 is 0 Å². The molecule has 0 aliphatic rings. The minimum absolute atomic E-state index is 0.363. The number of benzene rings is 1. The second-order valence-electron chi connectivity index (χ2n) is 5.76. The average Bonchev–Trinajstić information content (AvgIpc) is 2.68. The monoisotopic (exact) mass is 371 g/mol. The lowest BCUT2D eigenvalue weighted by Crippen LogP contribution is -2.23. The fourth-order valence-electron chi connectivity index (χ4n) is 2.44. The van der Waals surface area contributed by atoms with Gasteiger partial charge in [-0.15, -0.1) is 0 Å².